The third-order valence-electron chi connectivity index (χ3n) is 5.91. The monoisotopic (exact) mass is 449 g/mol. The smallest absolute Gasteiger partial charge is 0.274 e. The molecule has 32 heavy (non-hydrogen) atoms. The van der Waals surface area contributed by atoms with Crippen LogP contribution >= 0.6 is 0 Å². The highest BCUT2D eigenvalue weighted by Crippen LogP contribution is 2.31. The third-order valence-corrected chi connectivity index (χ3v) is 5.91. The third kappa shape index (κ3) is 3.85. The fourth-order valence-corrected chi connectivity index (χ4v) is 4.03. The van der Waals surface area contributed by atoms with Gasteiger partial charge in [-0.2, -0.15) is 0 Å². The highest BCUT2D eigenvalue weighted by Gasteiger charge is 2.33. The van der Waals surface area contributed by atoms with Gasteiger partial charge in [0, 0.05) is 37.9 Å². The predicted molar refractivity (Wildman–Crippen MR) is 108 cm³/mol. The van der Waals surface area contributed by atoms with Gasteiger partial charge in [-0.25, -0.2) is 13.2 Å². The van der Waals surface area contributed by atoms with Crippen molar-refractivity contribution < 1.29 is 27.9 Å². The van der Waals surface area contributed by atoms with Gasteiger partial charge in [-0.3, -0.25) is 14.4 Å². The highest BCUT2D eigenvalue weighted by molar-refractivity contribution is 5.99. The van der Waals surface area contributed by atoms with E-state index in [1.807, 2.05) is 0 Å². The van der Waals surface area contributed by atoms with Crippen LogP contribution in [0.3, 0.4) is 0 Å². The molecule has 1 aliphatic heterocycles. The largest absolute Gasteiger partial charge is 0.503 e. The number of nitrogens with zero attached hydrogens (tertiary/aromatic N) is 2. The van der Waals surface area contributed by atoms with E-state index in [1.54, 1.807) is 7.05 Å². The Balaban J connectivity index is 1.64. The summed E-state index contributed by atoms with van der Waals surface area (Å²) in [4.78, 5) is 40.0. The SMILES string of the molecule is CN(CC1CC1)C(=O)c1c(O)c(=O)c(C(=O)NCc2ccc(F)c(F)c2F)c2n1CCC2. The molecule has 0 saturated heterocycles. The van der Waals surface area contributed by atoms with E-state index in [9.17, 15) is 32.7 Å². The lowest BCUT2D eigenvalue weighted by Gasteiger charge is -2.21. The van der Waals surface area contributed by atoms with Crippen molar-refractivity contribution in [3.63, 3.8) is 0 Å². The number of halogens is 3. The molecule has 1 saturated carbocycles. The Morgan fingerprint density at radius 1 is 1.22 bits per heavy atom. The number of nitrogens with one attached hydrogen (secondary N) is 1. The van der Waals surface area contributed by atoms with E-state index in [2.05, 4.69) is 5.32 Å². The minimum atomic E-state index is -1.66. The van der Waals surface area contributed by atoms with E-state index < -0.39 is 47.0 Å². The molecule has 0 unspecified atom stereocenters. The normalized spacial score (nSPS) is 14.9. The van der Waals surface area contributed by atoms with E-state index in [4.69, 9.17) is 0 Å². The molecular weight excluding hydrogens is 427 g/mol. The van der Waals surface area contributed by atoms with Gasteiger partial charge in [-0.15, -0.1) is 0 Å². The summed E-state index contributed by atoms with van der Waals surface area (Å²) in [5.41, 5.74) is -1.48. The molecule has 2 amide bonds. The van der Waals surface area contributed by atoms with Gasteiger partial charge in [0.1, 0.15) is 5.56 Å². The summed E-state index contributed by atoms with van der Waals surface area (Å²) in [6.45, 7) is 0.371. The van der Waals surface area contributed by atoms with Crippen LogP contribution < -0.4 is 10.7 Å². The van der Waals surface area contributed by atoms with Crippen molar-refractivity contribution in [3.8, 4) is 5.75 Å². The molecule has 0 radical (unpaired) electrons. The molecule has 170 valence electrons. The maximum absolute atomic E-state index is 13.9. The first-order valence-corrected chi connectivity index (χ1v) is 10.3. The van der Waals surface area contributed by atoms with Crippen molar-refractivity contribution in [1.82, 2.24) is 14.8 Å². The van der Waals surface area contributed by atoms with Gasteiger partial charge in [0.05, 0.1) is 0 Å². The molecule has 1 aromatic carbocycles. The molecule has 1 aromatic heterocycles. The Bertz CT molecular complexity index is 1170. The molecule has 1 aliphatic carbocycles. The number of carbonyl (C=O) groups excluding carboxylic acids is 2. The van der Waals surface area contributed by atoms with E-state index in [0.29, 0.717) is 37.5 Å². The average Bonchev–Trinajstić information content (AvgIpc) is 3.46. The summed E-state index contributed by atoms with van der Waals surface area (Å²) in [6, 6.07) is 1.72. The first kappa shape index (κ1) is 21.9. The van der Waals surface area contributed by atoms with Crippen molar-refractivity contribution in [1.29, 1.82) is 0 Å². The molecule has 2 aromatic rings. The van der Waals surface area contributed by atoms with E-state index in [-0.39, 0.29) is 16.8 Å². The van der Waals surface area contributed by atoms with E-state index >= 15 is 0 Å². The van der Waals surface area contributed by atoms with Gasteiger partial charge in [0.2, 0.25) is 5.43 Å². The summed E-state index contributed by atoms with van der Waals surface area (Å²) < 4.78 is 41.9. The Morgan fingerprint density at radius 3 is 2.62 bits per heavy atom. The molecule has 2 aliphatic rings. The highest BCUT2D eigenvalue weighted by atomic mass is 19.2. The average molecular weight is 449 g/mol. The minimum Gasteiger partial charge on any atom is -0.503 e. The number of fused-ring (bicyclic) bond motifs is 1. The lowest BCUT2D eigenvalue weighted by atomic mass is 10.1. The van der Waals surface area contributed by atoms with Crippen LogP contribution in [0.1, 0.15) is 51.4 Å². The number of benzene rings is 1. The van der Waals surface area contributed by atoms with Gasteiger partial charge in [0.15, 0.2) is 28.9 Å². The lowest BCUT2D eigenvalue weighted by Crippen LogP contribution is -2.36. The summed E-state index contributed by atoms with van der Waals surface area (Å²) in [6.07, 6.45) is 2.96. The van der Waals surface area contributed by atoms with Crippen LogP contribution in [-0.4, -0.2) is 40.0 Å². The number of rotatable bonds is 6. The summed E-state index contributed by atoms with van der Waals surface area (Å²) >= 11 is 0. The fourth-order valence-electron chi connectivity index (χ4n) is 4.03. The molecule has 0 spiro atoms. The molecule has 7 nitrogen and oxygen atoms in total. The Morgan fingerprint density at radius 2 is 1.94 bits per heavy atom. The summed E-state index contributed by atoms with van der Waals surface area (Å²) in [5.74, 6) is -6.24. The number of aromatic nitrogens is 1. The number of hydrogen-bond acceptors (Lipinski definition) is 4. The van der Waals surface area contributed by atoms with Crippen LogP contribution in [0, 0.1) is 23.4 Å². The Hall–Kier alpha value is -3.30. The van der Waals surface area contributed by atoms with Crippen molar-refractivity contribution in [2.75, 3.05) is 13.6 Å². The van der Waals surface area contributed by atoms with Crippen molar-refractivity contribution >= 4 is 11.8 Å². The fraction of sp³-hybridized carbons (Fsp3) is 0.409. The number of pyridine rings is 1. The van der Waals surface area contributed by atoms with Crippen LogP contribution in [0.2, 0.25) is 0 Å². The van der Waals surface area contributed by atoms with E-state index in [1.165, 1.54) is 9.47 Å². The summed E-state index contributed by atoms with van der Waals surface area (Å²) in [5, 5.41) is 12.9. The molecule has 2 heterocycles. The molecular formula is C22H22F3N3O4. The zero-order valence-electron chi connectivity index (χ0n) is 17.4. The van der Waals surface area contributed by atoms with Crippen molar-refractivity contribution in [2.45, 2.75) is 38.8 Å². The Labute approximate surface area is 181 Å². The molecule has 0 atom stereocenters. The van der Waals surface area contributed by atoms with Gasteiger partial charge in [-0.1, -0.05) is 6.07 Å². The number of aromatic hydroxyl groups is 1. The maximum Gasteiger partial charge on any atom is 0.274 e. The van der Waals surface area contributed by atoms with Gasteiger partial charge < -0.3 is 19.9 Å². The lowest BCUT2D eigenvalue weighted by molar-refractivity contribution is 0.0771. The van der Waals surface area contributed by atoms with Crippen LogP contribution in [0.15, 0.2) is 16.9 Å². The molecule has 10 heteroatoms. The second kappa shape index (κ2) is 8.33. The quantitative estimate of drug-likeness (QED) is 0.663. The molecule has 4 rings (SSSR count). The topological polar surface area (TPSA) is 91.6 Å². The number of amides is 2. The van der Waals surface area contributed by atoms with Crippen LogP contribution in [0.4, 0.5) is 13.2 Å². The zero-order chi connectivity index (χ0) is 23.2. The molecule has 1 fully saturated rings. The van der Waals surface area contributed by atoms with Crippen LogP contribution in [-0.2, 0) is 19.5 Å². The second-order valence-electron chi connectivity index (χ2n) is 8.25. The van der Waals surface area contributed by atoms with Gasteiger partial charge >= 0.3 is 0 Å². The van der Waals surface area contributed by atoms with Crippen molar-refractivity contribution in [2.24, 2.45) is 5.92 Å². The maximum atomic E-state index is 13.9. The van der Waals surface area contributed by atoms with E-state index in [0.717, 1.165) is 25.0 Å². The molecule has 2 N–H and O–H groups in total. The minimum absolute atomic E-state index is 0.145. The number of hydrogen-bond donors (Lipinski definition) is 2. The van der Waals surface area contributed by atoms with Crippen LogP contribution in [0.25, 0.3) is 0 Å². The van der Waals surface area contributed by atoms with Gasteiger partial charge in [0.25, 0.3) is 11.8 Å². The van der Waals surface area contributed by atoms with Crippen LogP contribution in [0.5, 0.6) is 5.75 Å². The zero-order valence-corrected chi connectivity index (χ0v) is 17.4. The van der Waals surface area contributed by atoms with Gasteiger partial charge in [-0.05, 0) is 37.7 Å². The van der Waals surface area contributed by atoms with Crippen molar-refractivity contribution in [3.05, 3.63) is 62.3 Å². The summed E-state index contributed by atoms with van der Waals surface area (Å²) in [7, 11) is 1.60. The Kier molecular flexibility index (Phi) is 5.70. The standard InChI is InChI=1S/C22H22F3N3O4/c1-27(10-11-4-5-11)22(32)18-20(30)19(29)15(14-3-2-8-28(14)18)21(31)26-9-12-6-7-13(23)17(25)16(12)24/h6-7,11,30H,2-5,8-10H2,1H3,(H,26,31). The molecule has 0 bridgehead atoms. The first-order chi connectivity index (χ1) is 15.2. The first-order valence-electron chi connectivity index (χ1n) is 10.3. The second-order valence-corrected chi connectivity index (χ2v) is 8.25. The predicted octanol–water partition coefficient (Wildman–Crippen LogP) is 2.33. The number of carbonyl (C=O) groups is 2.